The highest BCUT2D eigenvalue weighted by atomic mass is 32.2. The molecule has 114 valence electrons. The van der Waals surface area contributed by atoms with Gasteiger partial charge in [-0.3, -0.25) is 0 Å². The summed E-state index contributed by atoms with van der Waals surface area (Å²) < 4.78 is 27.5. The molecule has 1 heterocycles. The molecule has 2 rings (SSSR count). The number of hydrogen-bond donors (Lipinski definition) is 2. The highest BCUT2D eigenvalue weighted by Gasteiger charge is 2.29. The van der Waals surface area contributed by atoms with Gasteiger partial charge in [0, 0.05) is 16.3 Å². The number of aliphatic hydroxyl groups excluding tert-OH is 1. The van der Waals surface area contributed by atoms with Gasteiger partial charge in [-0.25, -0.2) is 13.1 Å². The monoisotopic (exact) mass is 317 g/mol. The SMILES string of the molecule is Cc1sc(CO)cc1S(=O)(=O)NCC1(C)CCCCC1. The van der Waals surface area contributed by atoms with E-state index < -0.39 is 10.0 Å². The standard InChI is InChI=1S/C14H23NO3S2/c1-11-13(8-12(9-16)19-11)20(17,18)15-10-14(2)6-4-3-5-7-14/h8,15-16H,3-7,9-10H2,1-2H3. The second kappa shape index (κ2) is 6.13. The fraction of sp³-hybridized carbons (Fsp3) is 0.714. The Kier molecular flexibility index (Phi) is 4.89. The van der Waals surface area contributed by atoms with E-state index in [1.165, 1.54) is 30.6 Å². The third kappa shape index (κ3) is 3.61. The van der Waals surface area contributed by atoms with Gasteiger partial charge in [0.05, 0.1) is 11.5 Å². The molecule has 20 heavy (non-hydrogen) atoms. The first-order valence-corrected chi connectivity index (χ1v) is 9.36. The molecule has 0 spiro atoms. The molecule has 0 amide bonds. The van der Waals surface area contributed by atoms with Crippen LogP contribution in [0.5, 0.6) is 0 Å². The second-order valence-electron chi connectivity index (χ2n) is 5.99. The van der Waals surface area contributed by atoms with Gasteiger partial charge in [-0.1, -0.05) is 26.2 Å². The van der Waals surface area contributed by atoms with E-state index in [1.807, 2.05) is 0 Å². The van der Waals surface area contributed by atoms with Crippen molar-refractivity contribution in [1.82, 2.24) is 4.72 Å². The molecule has 4 nitrogen and oxygen atoms in total. The summed E-state index contributed by atoms with van der Waals surface area (Å²) in [5.41, 5.74) is 0.0784. The Morgan fingerprint density at radius 1 is 1.35 bits per heavy atom. The summed E-state index contributed by atoms with van der Waals surface area (Å²) in [5.74, 6) is 0. The largest absolute Gasteiger partial charge is 0.391 e. The van der Waals surface area contributed by atoms with Crippen LogP contribution in [0.1, 0.15) is 48.8 Å². The first kappa shape index (κ1) is 15.9. The smallest absolute Gasteiger partial charge is 0.241 e. The van der Waals surface area contributed by atoms with Crippen LogP contribution in [0.25, 0.3) is 0 Å². The van der Waals surface area contributed by atoms with Crippen molar-refractivity contribution in [2.75, 3.05) is 6.54 Å². The number of hydrogen-bond acceptors (Lipinski definition) is 4. The van der Waals surface area contributed by atoms with E-state index in [4.69, 9.17) is 5.11 Å². The lowest BCUT2D eigenvalue weighted by molar-refractivity contribution is 0.219. The van der Waals surface area contributed by atoms with Crippen LogP contribution in [0.3, 0.4) is 0 Å². The summed E-state index contributed by atoms with van der Waals surface area (Å²) in [5, 5.41) is 9.11. The van der Waals surface area contributed by atoms with E-state index in [0.29, 0.717) is 16.3 Å². The van der Waals surface area contributed by atoms with E-state index in [-0.39, 0.29) is 12.0 Å². The quantitative estimate of drug-likeness (QED) is 0.877. The van der Waals surface area contributed by atoms with Gasteiger partial charge in [-0.15, -0.1) is 11.3 Å². The maximum absolute atomic E-state index is 12.4. The number of rotatable bonds is 5. The Hall–Kier alpha value is -0.430. The molecule has 0 aliphatic heterocycles. The Balaban J connectivity index is 2.08. The van der Waals surface area contributed by atoms with Gasteiger partial charge in [0.1, 0.15) is 0 Å². The maximum Gasteiger partial charge on any atom is 0.241 e. The van der Waals surface area contributed by atoms with Gasteiger partial charge in [0.2, 0.25) is 10.0 Å². The van der Waals surface area contributed by atoms with Crippen molar-refractivity contribution in [2.45, 2.75) is 57.5 Å². The highest BCUT2D eigenvalue weighted by Crippen LogP contribution is 2.35. The summed E-state index contributed by atoms with van der Waals surface area (Å²) in [7, 11) is -3.47. The van der Waals surface area contributed by atoms with Crippen molar-refractivity contribution < 1.29 is 13.5 Å². The van der Waals surface area contributed by atoms with Gasteiger partial charge in [-0.2, -0.15) is 0 Å². The molecule has 6 heteroatoms. The molecule has 2 N–H and O–H groups in total. The molecule has 0 radical (unpaired) electrons. The molecule has 1 aliphatic rings. The van der Waals surface area contributed by atoms with Crippen molar-refractivity contribution in [3.63, 3.8) is 0 Å². The minimum atomic E-state index is -3.47. The van der Waals surface area contributed by atoms with Crippen LogP contribution < -0.4 is 4.72 Å². The number of thiophene rings is 1. The topological polar surface area (TPSA) is 66.4 Å². The Morgan fingerprint density at radius 3 is 2.55 bits per heavy atom. The molecule has 0 unspecified atom stereocenters. The van der Waals surface area contributed by atoms with Crippen LogP contribution in [0.4, 0.5) is 0 Å². The van der Waals surface area contributed by atoms with Gasteiger partial charge >= 0.3 is 0 Å². The van der Waals surface area contributed by atoms with Gasteiger partial charge in [-0.05, 0) is 31.2 Å². The molecular formula is C14H23NO3S2. The highest BCUT2D eigenvalue weighted by molar-refractivity contribution is 7.89. The average Bonchev–Trinajstić information content (AvgIpc) is 2.80. The average molecular weight is 317 g/mol. The first-order valence-electron chi connectivity index (χ1n) is 7.06. The lowest BCUT2D eigenvalue weighted by Gasteiger charge is -2.33. The van der Waals surface area contributed by atoms with E-state index >= 15 is 0 Å². The van der Waals surface area contributed by atoms with Crippen molar-refractivity contribution >= 4 is 21.4 Å². The molecule has 1 aliphatic carbocycles. The Bertz CT molecular complexity index is 557. The zero-order valence-electron chi connectivity index (χ0n) is 12.1. The van der Waals surface area contributed by atoms with Crippen LogP contribution >= 0.6 is 11.3 Å². The third-order valence-electron chi connectivity index (χ3n) is 4.12. The lowest BCUT2D eigenvalue weighted by Crippen LogP contribution is -2.37. The summed E-state index contributed by atoms with van der Waals surface area (Å²) in [6.07, 6.45) is 5.79. The molecule has 0 aromatic carbocycles. The predicted octanol–water partition coefficient (Wildman–Crippen LogP) is 2.80. The van der Waals surface area contributed by atoms with Gasteiger partial charge < -0.3 is 5.11 Å². The molecule has 0 bridgehead atoms. The van der Waals surface area contributed by atoms with Crippen LogP contribution in [-0.2, 0) is 16.6 Å². The van der Waals surface area contributed by atoms with Crippen molar-refractivity contribution in [1.29, 1.82) is 0 Å². The summed E-state index contributed by atoms with van der Waals surface area (Å²) in [6, 6.07) is 1.57. The molecular weight excluding hydrogens is 294 g/mol. The number of aliphatic hydroxyl groups is 1. The van der Waals surface area contributed by atoms with E-state index in [0.717, 1.165) is 17.7 Å². The number of sulfonamides is 1. The van der Waals surface area contributed by atoms with Crippen LogP contribution in [0.2, 0.25) is 0 Å². The summed E-state index contributed by atoms with van der Waals surface area (Å²) >= 11 is 1.33. The van der Waals surface area contributed by atoms with E-state index in [1.54, 1.807) is 13.0 Å². The zero-order valence-corrected chi connectivity index (χ0v) is 13.7. The molecule has 1 fully saturated rings. The Morgan fingerprint density at radius 2 is 2.00 bits per heavy atom. The Labute approximate surface area is 125 Å². The van der Waals surface area contributed by atoms with Crippen LogP contribution in [0, 0.1) is 12.3 Å². The fourth-order valence-corrected chi connectivity index (χ4v) is 5.49. The second-order valence-corrected chi connectivity index (χ2v) is 9.06. The maximum atomic E-state index is 12.4. The minimum absolute atomic E-state index is 0.0784. The van der Waals surface area contributed by atoms with Gasteiger partial charge in [0.15, 0.2) is 0 Å². The van der Waals surface area contributed by atoms with Crippen LogP contribution in [0.15, 0.2) is 11.0 Å². The van der Waals surface area contributed by atoms with Gasteiger partial charge in [0.25, 0.3) is 0 Å². The van der Waals surface area contributed by atoms with E-state index in [9.17, 15) is 8.42 Å². The fourth-order valence-electron chi connectivity index (χ4n) is 2.80. The summed E-state index contributed by atoms with van der Waals surface area (Å²) in [4.78, 5) is 1.73. The molecule has 1 aromatic rings. The lowest BCUT2D eigenvalue weighted by atomic mass is 9.76. The van der Waals surface area contributed by atoms with Crippen molar-refractivity contribution in [3.8, 4) is 0 Å². The molecule has 0 atom stereocenters. The zero-order chi connectivity index (χ0) is 14.8. The number of nitrogens with one attached hydrogen (secondary N) is 1. The van der Waals surface area contributed by atoms with Crippen molar-refractivity contribution in [2.24, 2.45) is 5.41 Å². The number of aryl methyl sites for hydroxylation is 1. The summed E-state index contributed by atoms with van der Waals surface area (Å²) in [6.45, 7) is 4.33. The predicted molar refractivity (Wildman–Crippen MR) is 81.4 cm³/mol. The first-order chi connectivity index (χ1) is 9.36. The molecule has 0 saturated heterocycles. The third-order valence-corrected chi connectivity index (χ3v) is 6.81. The van der Waals surface area contributed by atoms with Crippen LogP contribution in [-0.4, -0.2) is 20.1 Å². The molecule has 1 aromatic heterocycles. The normalized spacial score (nSPS) is 19.1. The molecule has 1 saturated carbocycles. The van der Waals surface area contributed by atoms with Crippen molar-refractivity contribution in [3.05, 3.63) is 15.8 Å². The minimum Gasteiger partial charge on any atom is -0.391 e. The van der Waals surface area contributed by atoms with E-state index in [2.05, 4.69) is 11.6 Å².